The van der Waals surface area contributed by atoms with E-state index in [9.17, 15) is 14.4 Å². The van der Waals surface area contributed by atoms with Crippen LogP contribution in [0.1, 0.15) is 16.6 Å². The van der Waals surface area contributed by atoms with Crippen LogP contribution >= 0.6 is 22.9 Å². The van der Waals surface area contributed by atoms with Gasteiger partial charge in [0.1, 0.15) is 4.88 Å². The number of carbonyl (C=O) groups excluding carboxylic acids is 2. The molecule has 0 fully saturated rings. The van der Waals surface area contributed by atoms with Crippen LogP contribution in [0.25, 0.3) is 10.1 Å². The summed E-state index contributed by atoms with van der Waals surface area (Å²) in [6.45, 7) is 1.38. The Balaban J connectivity index is 1.98. The molecular formula is C16H17ClN2O4S. The van der Waals surface area contributed by atoms with E-state index in [0.29, 0.717) is 9.90 Å². The number of carboxylic acids is 1. The molecule has 1 aromatic carbocycles. The number of carboxylic acid groups (broad SMARTS) is 1. The lowest BCUT2D eigenvalue weighted by Gasteiger charge is -2.19. The predicted molar refractivity (Wildman–Crippen MR) is 93.6 cm³/mol. The summed E-state index contributed by atoms with van der Waals surface area (Å²) in [5.41, 5.74) is 0. The molecule has 1 heterocycles. The minimum atomic E-state index is -0.976. The lowest BCUT2D eigenvalue weighted by molar-refractivity contribution is -0.142. The molecule has 0 saturated carbocycles. The van der Waals surface area contributed by atoms with Crippen LogP contribution in [0, 0.1) is 5.92 Å². The molecule has 2 amide bonds. The molecule has 2 N–H and O–H groups in total. The molecule has 0 aliphatic rings. The fourth-order valence-corrected chi connectivity index (χ4v) is 3.56. The summed E-state index contributed by atoms with van der Waals surface area (Å²) in [5.74, 6) is -2.44. The first-order chi connectivity index (χ1) is 11.3. The van der Waals surface area contributed by atoms with E-state index in [4.69, 9.17) is 16.7 Å². The lowest BCUT2D eigenvalue weighted by Crippen LogP contribution is -2.40. The van der Waals surface area contributed by atoms with Crippen LogP contribution in [0.3, 0.4) is 0 Å². The predicted octanol–water partition coefficient (Wildman–Crippen LogP) is 2.46. The van der Waals surface area contributed by atoms with Crippen molar-refractivity contribution in [2.75, 3.05) is 20.1 Å². The number of rotatable bonds is 6. The summed E-state index contributed by atoms with van der Waals surface area (Å²) in [5, 5.41) is 12.6. The highest BCUT2D eigenvalue weighted by Crippen LogP contribution is 2.34. The highest BCUT2D eigenvalue weighted by atomic mass is 35.5. The summed E-state index contributed by atoms with van der Waals surface area (Å²) in [7, 11) is 1.50. The fourth-order valence-electron chi connectivity index (χ4n) is 2.12. The van der Waals surface area contributed by atoms with E-state index in [2.05, 4.69) is 5.32 Å². The number of likely N-dealkylation sites (N-methyl/N-ethyl adjacent to an activating group) is 1. The highest BCUT2D eigenvalue weighted by molar-refractivity contribution is 7.21. The number of amides is 2. The Bertz CT molecular complexity index is 789. The summed E-state index contributed by atoms with van der Waals surface area (Å²) in [4.78, 5) is 36.7. The third kappa shape index (κ3) is 4.04. The first-order valence-electron chi connectivity index (χ1n) is 7.23. The molecule has 24 heavy (non-hydrogen) atoms. The average Bonchev–Trinajstić information content (AvgIpc) is 2.89. The van der Waals surface area contributed by atoms with E-state index in [1.807, 2.05) is 24.3 Å². The van der Waals surface area contributed by atoms with Gasteiger partial charge in [-0.3, -0.25) is 14.4 Å². The SMILES string of the molecule is CC(CN(C)C(=O)CNC(=O)c1sc2ccccc2c1Cl)C(=O)O. The van der Waals surface area contributed by atoms with Crippen molar-refractivity contribution in [2.45, 2.75) is 6.92 Å². The third-order valence-electron chi connectivity index (χ3n) is 3.54. The number of nitrogens with zero attached hydrogens (tertiary/aromatic N) is 1. The second-order valence-corrected chi connectivity index (χ2v) is 6.87. The quantitative estimate of drug-likeness (QED) is 0.820. The summed E-state index contributed by atoms with van der Waals surface area (Å²) in [6.07, 6.45) is 0. The van der Waals surface area contributed by atoms with Gasteiger partial charge in [-0.1, -0.05) is 36.7 Å². The molecule has 8 heteroatoms. The van der Waals surface area contributed by atoms with Gasteiger partial charge in [-0.05, 0) is 6.07 Å². The Morgan fingerprint density at radius 3 is 2.62 bits per heavy atom. The number of hydrogen-bond acceptors (Lipinski definition) is 4. The molecule has 0 bridgehead atoms. The van der Waals surface area contributed by atoms with Crippen molar-refractivity contribution < 1.29 is 19.5 Å². The van der Waals surface area contributed by atoms with E-state index in [1.165, 1.54) is 30.2 Å². The number of aliphatic carboxylic acids is 1. The van der Waals surface area contributed by atoms with Crippen LogP contribution < -0.4 is 5.32 Å². The van der Waals surface area contributed by atoms with Crippen molar-refractivity contribution >= 4 is 50.8 Å². The minimum Gasteiger partial charge on any atom is -0.481 e. The Hall–Kier alpha value is -2.12. The fraction of sp³-hybridized carbons (Fsp3) is 0.312. The van der Waals surface area contributed by atoms with E-state index < -0.39 is 17.8 Å². The van der Waals surface area contributed by atoms with Crippen molar-refractivity contribution in [3.8, 4) is 0 Å². The Morgan fingerprint density at radius 2 is 2.00 bits per heavy atom. The smallest absolute Gasteiger partial charge is 0.308 e. The lowest BCUT2D eigenvalue weighted by atomic mass is 10.2. The Kier molecular flexibility index (Phi) is 5.80. The second-order valence-electron chi connectivity index (χ2n) is 5.44. The first kappa shape index (κ1) is 18.2. The van der Waals surface area contributed by atoms with Gasteiger partial charge in [-0.2, -0.15) is 0 Å². The molecule has 2 rings (SSSR count). The number of nitrogens with one attached hydrogen (secondary N) is 1. The van der Waals surface area contributed by atoms with E-state index in [-0.39, 0.29) is 19.0 Å². The molecule has 1 atom stereocenters. The maximum atomic E-state index is 12.2. The van der Waals surface area contributed by atoms with Crippen LogP contribution in [0.4, 0.5) is 0 Å². The van der Waals surface area contributed by atoms with Crippen molar-refractivity contribution in [2.24, 2.45) is 5.92 Å². The van der Waals surface area contributed by atoms with Crippen molar-refractivity contribution in [3.63, 3.8) is 0 Å². The summed E-state index contributed by atoms with van der Waals surface area (Å²) in [6, 6.07) is 7.40. The zero-order valence-electron chi connectivity index (χ0n) is 13.2. The largest absolute Gasteiger partial charge is 0.481 e. The zero-order valence-corrected chi connectivity index (χ0v) is 14.8. The number of carbonyl (C=O) groups is 3. The van der Waals surface area contributed by atoms with Gasteiger partial charge in [0.2, 0.25) is 5.91 Å². The number of benzene rings is 1. The molecular weight excluding hydrogens is 352 g/mol. The van der Waals surface area contributed by atoms with Crippen LogP contribution in [-0.4, -0.2) is 47.9 Å². The molecule has 0 radical (unpaired) electrons. The standard InChI is InChI=1S/C16H17ClN2O4S/c1-9(16(22)23)8-19(2)12(20)7-18-15(21)14-13(17)10-5-3-4-6-11(10)24-14/h3-6,9H,7-8H2,1-2H3,(H,18,21)(H,22,23). The van der Waals surface area contributed by atoms with Crippen molar-refractivity contribution in [1.29, 1.82) is 0 Å². The van der Waals surface area contributed by atoms with Crippen molar-refractivity contribution in [3.05, 3.63) is 34.2 Å². The average molecular weight is 369 g/mol. The number of thiophene rings is 1. The van der Waals surface area contributed by atoms with Gasteiger partial charge < -0.3 is 15.3 Å². The maximum Gasteiger partial charge on any atom is 0.308 e. The topological polar surface area (TPSA) is 86.7 Å². The second kappa shape index (κ2) is 7.63. The third-order valence-corrected chi connectivity index (χ3v) is 5.21. The maximum absolute atomic E-state index is 12.2. The highest BCUT2D eigenvalue weighted by Gasteiger charge is 2.20. The van der Waals surface area contributed by atoms with Gasteiger partial charge >= 0.3 is 5.97 Å². The van der Waals surface area contributed by atoms with Crippen LogP contribution in [-0.2, 0) is 9.59 Å². The molecule has 2 aromatic rings. The van der Waals surface area contributed by atoms with Gasteiger partial charge in [0, 0.05) is 23.7 Å². The molecule has 6 nitrogen and oxygen atoms in total. The van der Waals surface area contributed by atoms with Gasteiger partial charge in [-0.25, -0.2) is 0 Å². The van der Waals surface area contributed by atoms with Gasteiger partial charge in [0.05, 0.1) is 17.5 Å². The summed E-state index contributed by atoms with van der Waals surface area (Å²) >= 11 is 7.48. The van der Waals surface area contributed by atoms with Gasteiger partial charge in [0.25, 0.3) is 5.91 Å². The van der Waals surface area contributed by atoms with E-state index in [0.717, 1.165) is 10.1 Å². The Labute approximate surface area is 148 Å². The molecule has 1 unspecified atom stereocenters. The van der Waals surface area contributed by atoms with E-state index >= 15 is 0 Å². The monoisotopic (exact) mass is 368 g/mol. The Morgan fingerprint density at radius 1 is 1.33 bits per heavy atom. The first-order valence-corrected chi connectivity index (χ1v) is 8.42. The molecule has 128 valence electrons. The van der Waals surface area contributed by atoms with Gasteiger partial charge in [-0.15, -0.1) is 11.3 Å². The molecule has 0 aliphatic carbocycles. The molecule has 1 aromatic heterocycles. The van der Waals surface area contributed by atoms with Gasteiger partial charge in [0.15, 0.2) is 0 Å². The summed E-state index contributed by atoms with van der Waals surface area (Å²) < 4.78 is 0.895. The van der Waals surface area contributed by atoms with E-state index in [1.54, 1.807) is 0 Å². The van der Waals surface area contributed by atoms with Crippen molar-refractivity contribution in [1.82, 2.24) is 10.2 Å². The molecule has 0 spiro atoms. The number of hydrogen-bond donors (Lipinski definition) is 2. The normalized spacial score (nSPS) is 12.0. The molecule has 0 saturated heterocycles. The van der Waals surface area contributed by atoms with Crippen LogP contribution in [0.5, 0.6) is 0 Å². The van der Waals surface area contributed by atoms with Crippen LogP contribution in [0.15, 0.2) is 24.3 Å². The van der Waals surface area contributed by atoms with Crippen LogP contribution in [0.2, 0.25) is 5.02 Å². The minimum absolute atomic E-state index is 0.0771. The molecule has 0 aliphatic heterocycles. The number of fused-ring (bicyclic) bond motifs is 1. The zero-order chi connectivity index (χ0) is 17.9. The number of halogens is 1.